The van der Waals surface area contributed by atoms with Crippen molar-refractivity contribution in [3.8, 4) is 0 Å². The summed E-state index contributed by atoms with van der Waals surface area (Å²) in [6.07, 6.45) is 3.37. The summed E-state index contributed by atoms with van der Waals surface area (Å²) >= 11 is 0. The molecular formula is C12H15N3O4. The summed E-state index contributed by atoms with van der Waals surface area (Å²) in [5, 5.41) is 21.7. The van der Waals surface area contributed by atoms with Crippen LogP contribution in [0.2, 0.25) is 0 Å². The maximum atomic E-state index is 11.0. The second kappa shape index (κ2) is 5.66. The molecule has 1 aromatic carbocycles. The third-order valence-electron chi connectivity index (χ3n) is 3.07. The SMILES string of the molecule is O=C(O)c1cc(NN2CCCCC2)ccc1[N+](=O)[O-]. The van der Waals surface area contributed by atoms with Gasteiger partial charge in [0, 0.05) is 19.2 Å². The molecular weight excluding hydrogens is 250 g/mol. The third-order valence-corrected chi connectivity index (χ3v) is 3.07. The lowest BCUT2D eigenvalue weighted by Crippen LogP contribution is -2.34. The van der Waals surface area contributed by atoms with Crippen molar-refractivity contribution in [1.82, 2.24) is 5.01 Å². The Kier molecular flexibility index (Phi) is 3.96. The number of nitro benzene ring substituents is 1. The number of aromatic carboxylic acids is 1. The molecule has 2 N–H and O–H groups in total. The number of nitrogens with zero attached hydrogens (tertiary/aromatic N) is 2. The first-order valence-electron chi connectivity index (χ1n) is 6.11. The molecule has 0 atom stereocenters. The van der Waals surface area contributed by atoms with Gasteiger partial charge in [0.25, 0.3) is 5.69 Å². The Balaban J connectivity index is 2.20. The molecule has 1 heterocycles. The van der Waals surface area contributed by atoms with Gasteiger partial charge in [-0.05, 0) is 25.0 Å². The average Bonchev–Trinajstić information content (AvgIpc) is 2.39. The van der Waals surface area contributed by atoms with Gasteiger partial charge in [-0.15, -0.1) is 0 Å². The molecule has 0 aromatic heterocycles. The third kappa shape index (κ3) is 3.19. The Bertz CT molecular complexity index is 498. The number of hydrogen-bond acceptors (Lipinski definition) is 5. The Morgan fingerprint density at radius 2 is 2.00 bits per heavy atom. The van der Waals surface area contributed by atoms with Gasteiger partial charge >= 0.3 is 5.97 Å². The van der Waals surface area contributed by atoms with E-state index < -0.39 is 16.6 Å². The van der Waals surface area contributed by atoms with E-state index in [1.807, 2.05) is 5.01 Å². The second-order valence-electron chi connectivity index (χ2n) is 4.45. The highest BCUT2D eigenvalue weighted by atomic mass is 16.6. The van der Waals surface area contributed by atoms with E-state index in [1.165, 1.54) is 24.6 Å². The van der Waals surface area contributed by atoms with Crippen molar-refractivity contribution in [1.29, 1.82) is 0 Å². The zero-order valence-electron chi connectivity index (χ0n) is 10.3. The van der Waals surface area contributed by atoms with Crippen LogP contribution in [0.5, 0.6) is 0 Å². The summed E-state index contributed by atoms with van der Waals surface area (Å²) in [4.78, 5) is 21.1. The summed E-state index contributed by atoms with van der Waals surface area (Å²) in [6, 6.07) is 4.05. The Labute approximate surface area is 110 Å². The summed E-state index contributed by atoms with van der Waals surface area (Å²) in [6.45, 7) is 1.78. The van der Waals surface area contributed by atoms with Crippen LogP contribution in [0.3, 0.4) is 0 Å². The lowest BCUT2D eigenvalue weighted by Gasteiger charge is -2.27. The maximum Gasteiger partial charge on any atom is 0.342 e. The molecule has 102 valence electrons. The van der Waals surface area contributed by atoms with E-state index in [0.717, 1.165) is 25.9 Å². The van der Waals surface area contributed by atoms with Crippen LogP contribution < -0.4 is 5.43 Å². The fourth-order valence-electron chi connectivity index (χ4n) is 2.12. The van der Waals surface area contributed by atoms with E-state index in [9.17, 15) is 14.9 Å². The average molecular weight is 265 g/mol. The van der Waals surface area contributed by atoms with Crippen molar-refractivity contribution in [2.45, 2.75) is 19.3 Å². The number of hydrazine groups is 1. The van der Waals surface area contributed by atoms with Crippen LogP contribution in [0.4, 0.5) is 11.4 Å². The Morgan fingerprint density at radius 3 is 2.58 bits per heavy atom. The molecule has 19 heavy (non-hydrogen) atoms. The van der Waals surface area contributed by atoms with Gasteiger partial charge in [-0.25, -0.2) is 9.80 Å². The van der Waals surface area contributed by atoms with Gasteiger partial charge in [0.15, 0.2) is 0 Å². The summed E-state index contributed by atoms with van der Waals surface area (Å²) < 4.78 is 0. The van der Waals surface area contributed by atoms with Crippen LogP contribution in [-0.2, 0) is 0 Å². The second-order valence-corrected chi connectivity index (χ2v) is 4.45. The number of piperidine rings is 1. The first-order valence-corrected chi connectivity index (χ1v) is 6.11. The normalized spacial score (nSPS) is 16.0. The minimum atomic E-state index is -1.30. The number of nitrogens with one attached hydrogen (secondary N) is 1. The number of nitro groups is 1. The number of carboxylic acid groups (broad SMARTS) is 1. The van der Waals surface area contributed by atoms with Crippen molar-refractivity contribution < 1.29 is 14.8 Å². The van der Waals surface area contributed by atoms with E-state index in [2.05, 4.69) is 5.43 Å². The van der Waals surface area contributed by atoms with Gasteiger partial charge in [0.1, 0.15) is 5.56 Å². The van der Waals surface area contributed by atoms with E-state index in [0.29, 0.717) is 5.69 Å². The van der Waals surface area contributed by atoms with Gasteiger partial charge < -0.3 is 10.5 Å². The largest absolute Gasteiger partial charge is 0.477 e. The minimum absolute atomic E-state index is 0.299. The minimum Gasteiger partial charge on any atom is -0.477 e. The number of anilines is 1. The van der Waals surface area contributed by atoms with Gasteiger partial charge in [0.2, 0.25) is 0 Å². The first kappa shape index (κ1) is 13.3. The van der Waals surface area contributed by atoms with Crippen LogP contribution in [-0.4, -0.2) is 34.1 Å². The van der Waals surface area contributed by atoms with Crippen molar-refractivity contribution in [2.24, 2.45) is 0 Å². The van der Waals surface area contributed by atoms with Crippen molar-refractivity contribution in [3.05, 3.63) is 33.9 Å². The van der Waals surface area contributed by atoms with E-state index in [1.54, 1.807) is 0 Å². The van der Waals surface area contributed by atoms with E-state index in [4.69, 9.17) is 5.11 Å². The predicted molar refractivity (Wildman–Crippen MR) is 69.1 cm³/mol. The van der Waals surface area contributed by atoms with Crippen LogP contribution in [0.15, 0.2) is 18.2 Å². The zero-order chi connectivity index (χ0) is 13.8. The molecule has 0 bridgehead atoms. The summed E-state index contributed by atoms with van der Waals surface area (Å²) in [5.74, 6) is -1.30. The van der Waals surface area contributed by atoms with Crippen LogP contribution in [0.1, 0.15) is 29.6 Å². The molecule has 1 aromatic rings. The summed E-state index contributed by atoms with van der Waals surface area (Å²) in [5.41, 5.74) is 2.96. The van der Waals surface area contributed by atoms with Gasteiger partial charge in [0.05, 0.1) is 10.6 Å². The Morgan fingerprint density at radius 1 is 1.32 bits per heavy atom. The molecule has 1 aliphatic heterocycles. The highest BCUT2D eigenvalue weighted by Crippen LogP contribution is 2.23. The molecule has 0 amide bonds. The highest BCUT2D eigenvalue weighted by molar-refractivity contribution is 5.93. The monoisotopic (exact) mass is 265 g/mol. The number of benzene rings is 1. The standard InChI is InChI=1S/C12H15N3O4/c16-12(17)10-8-9(4-5-11(10)15(18)19)13-14-6-2-1-3-7-14/h4-5,8,13H,1-3,6-7H2,(H,16,17). The number of rotatable bonds is 4. The molecule has 1 aliphatic rings. The van der Waals surface area contributed by atoms with Crippen molar-refractivity contribution in [2.75, 3.05) is 18.5 Å². The molecule has 7 nitrogen and oxygen atoms in total. The molecule has 0 aliphatic carbocycles. The quantitative estimate of drug-likeness (QED) is 0.639. The molecule has 0 radical (unpaired) electrons. The van der Waals surface area contributed by atoms with E-state index >= 15 is 0 Å². The first-order chi connectivity index (χ1) is 9.08. The van der Waals surface area contributed by atoms with Gasteiger partial charge in [-0.1, -0.05) is 6.42 Å². The number of hydrogen-bond donors (Lipinski definition) is 2. The molecule has 1 saturated heterocycles. The van der Waals surface area contributed by atoms with Crippen LogP contribution >= 0.6 is 0 Å². The lowest BCUT2D eigenvalue weighted by molar-refractivity contribution is -0.385. The lowest BCUT2D eigenvalue weighted by atomic mass is 10.1. The molecule has 7 heteroatoms. The van der Waals surface area contributed by atoms with Crippen molar-refractivity contribution >= 4 is 17.3 Å². The highest BCUT2D eigenvalue weighted by Gasteiger charge is 2.20. The van der Waals surface area contributed by atoms with Crippen LogP contribution in [0.25, 0.3) is 0 Å². The molecule has 0 unspecified atom stereocenters. The smallest absolute Gasteiger partial charge is 0.342 e. The maximum absolute atomic E-state index is 11.0. The van der Waals surface area contributed by atoms with E-state index in [-0.39, 0.29) is 5.56 Å². The predicted octanol–water partition coefficient (Wildman–Crippen LogP) is 2.11. The van der Waals surface area contributed by atoms with Crippen molar-refractivity contribution in [3.63, 3.8) is 0 Å². The molecule has 1 fully saturated rings. The molecule has 2 rings (SSSR count). The zero-order valence-corrected chi connectivity index (χ0v) is 10.3. The topological polar surface area (TPSA) is 95.7 Å². The molecule has 0 spiro atoms. The fourth-order valence-corrected chi connectivity index (χ4v) is 2.12. The molecule has 0 saturated carbocycles. The fraction of sp³-hybridized carbons (Fsp3) is 0.417. The van der Waals surface area contributed by atoms with Gasteiger partial charge in [-0.2, -0.15) is 0 Å². The number of carboxylic acids is 1. The van der Waals surface area contributed by atoms with Gasteiger partial charge in [-0.3, -0.25) is 10.1 Å². The Hall–Kier alpha value is -2.15. The van der Waals surface area contributed by atoms with Crippen LogP contribution in [0, 0.1) is 10.1 Å². The summed E-state index contributed by atoms with van der Waals surface area (Å²) in [7, 11) is 0. The number of carbonyl (C=O) groups is 1.